The second-order valence-electron chi connectivity index (χ2n) is 6.31. The number of hydrogen-bond acceptors (Lipinski definition) is 3. The highest BCUT2D eigenvalue weighted by atomic mass is 35.5. The predicted molar refractivity (Wildman–Crippen MR) is 102 cm³/mol. The van der Waals surface area contributed by atoms with Gasteiger partial charge in [0.15, 0.2) is 0 Å². The molecule has 0 unspecified atom stereocenters. The molecule has 0 fully saturated rings. The van der Waals surface area contributed by atoms with Gasteiger partial charge in [-0.1, -0.05) is 29.8 Å². The van der Waals surface area contributed by atoms with Crippen LogP contribution in [-0.2, 0) is 0 Å². The van der Waals surface area contributed by atoms with Crippen molar-refractivity contribution >= 4 is 17.2 Å². The van der Waals surface area contributed by atoms with E-state index in [1.807, 2.05) is 48.8 Å². The number of H-pyrrole nitrogens is 1. The first-order chi connectivity index (χ1) is 12.2. The van der Waals surface area contributed by atoms with Crippen molar-refractivity contribution in [1.82, 2.24) is 20.1 Å². The summed E-state index contributed by atoms with van der Waals surface area (Å²) in [5, 5.41) is 8.65. The second-order valence-corrected chi connectivity index (χ2v) is 6.74. The number of likely N-dealkylation sites (N-methyl/N-ethyl adjacent to an activating group) is 1. The van der Waals surface area contributed by atoms with Crippen LogP contribution in [0.15, 0.2) is 54.9 Å². The van der Waals surface area contributed by atoms with E-state index >= 15 is 0 Å². The topological polar surface area (TPSA) is 44.8 Å². The summed E-state index contributed by atoms with van der Waals surface area (Å²) in [7, 11) is 2.14. The molecule has 0 saturated carbocycles. The van der Waals surface area contributed by atoms with Gasteiger partial charge in [-0.05, 0) is 48.9 Å². The molecule has 1 aliphatic heterocycles. The molecule has 0 radical (unpaired) electrons. The third-order valence-corrected chi connectivity index (χ3v) is 4.84. The van der Waals surface area contributed by atoms with Crippen LogP contribution in [0.25, 0.3) is 28.0 Å². The third-order valence-electron chi connectivity index (χ3n) is 4.59. The minimum Gasteiger partial charge on any atom is -0.302 e. The summed E-state index contributed by atoms with van der Waals surface area (Å²) in [6.45, 7) is 2.01. The number of nitrogens with zero attached hydrogens (tertiary/aromatic N) is 3. The largest absolute Gasteiger partial charge is 0.302 e. The molecule has 1 N–H and O–H groups in total. The minimum atomic E-state index is 0.725. The SMILES string of the molecule is CN1CC=C(c2[nH]nc(-c3ccc(Cl)cc3)c2-c2ccncc2)CC1. The fourth-order valence-electron chi connectivity index (χ4n) is 3.19. The van der Waals surface area contributed by atoms with Crippen molar-refractivity contribution in [2.45, 2.75) is 6.42 Å². The summed E-state index contributed by atoms with van der Waals surface area (Å²) in [5.41, 5.74) is 6.65. The molecule has 1 aromatic carbocycles. The van der Waals surface area contributed by atoms with Gasteiger partial charge in [-0.15, -0.1) is 0 Å². The van der Waals surface area contributed by atoms with E-state index in [0.29, 0.717) is 0 Å². The summed E-state index contributed by atoms with van der Waals surface area (Å²) in [4.78, 5) is 6.46. The lowest BCUT2D eigenvalue weighted by molar-refractivity contribution is 0.370. The Kier molecular flexibility index (Phi) is 4.38. The first kappa shape index (κ1) is 16.1. The van der Waals surface area contributed by atoms with Gasteiger partial charge in [0.05, 0.1) is 5.69 Å². The molecule has 25 heavy (non-hydrogen) atoms. The summed E-state index contributed by atoms with van der Waals surface area (Å²) >= 11 is 6.05. The second kappa shape index (κ2) is 6.82. The van der Waals surface area contributed by atoms with Crippen molar-refractivity contribution in [1.29, 1.82) is 0 Å². The van der Waals surface area contributed by atoms with Crippen LogP contribution in [0.1, 0.15) is 12.1 Å². The van der Waals surface area contributed by atoms with E-state index in [-0.39, 0.29) is 0 Å². The van der Waals surface area contributed by atoms with Gasteiger partial charge in [-0.3, -0.25) is 10.1 Å². The van der Waals surface area contributed by atoms with E-state index in [1.165, 1.54) is 5.57 Å². The van der Waals surface area contributed by atoms with E-state index < -0.39 is 0 Å². The van der Waals surface area contributed by atoms with E-state index in [2.05, 4.69) is 33.2 Å². The number of benzene rings is 1. The van der Waals surface area contributed by atoms with Crippen LogP contribution in [0.4, 0.5) is 0 Å². The van der Waals surface area contributed by atoms with Gasteiger partial charge < -0.3 is 4.90 Å². The number of aromatic amines is 1. The van der Waals surface area contributed by atoms with Gasteiger partial charge in [-0.25, -0.2) is 0 Å². The zero-order valence-electron chi connectivity index (χ0n) is 14.0. The average Bonchev–Trinajstić information content (AvgIpc) is 3.09. The van der Waals surface area contributed by atoms with Crippen molar-refractivity contribution in [3.8, 4) is 22.4 Å². The molecule has 0 spiro atoms. The summed E-state index contributed by atoms with van der Waals surface area (Å²) in [6.07, 6.45) is 6.94. The van der Waals surface area contributed by atoms with Crippen molar-refractivity contribution in [3.63, 3.8) is 0 Å². The maximum absolute atomic E-state index is 6.05. The summed E-state index contributed by atoms with van der Waals surface area (Å²) in [5.74, 6) is 0. The molecule has 1 aliphatic rings. The van der Waals surface area contributed by atoms with Crippen LogP contribution in [0.2, 0.25) is 5.02 Å². The van der Waals surface area contributed by atoms with Gasteiger partial charge in [0.1, 0.15) is 5.69 Å². The molecular weight excluding hydrogens is 332 g/mol. The molecule has 5 heteroatoms. The normalized spacial score (nSPS) is 15.2. The quantitative estimate of drug-likeness (QED) is 0.755. The monoisotopic (exact) mass is 350 g/mol. The molecule has 0 bridgehead atoms. The Balaban J connectivity index is 1.87. The molecule has 126 valence electrons. The number of aromatic nitrogens is 3. The Morgan fingerprint density at radius 3 is 2.48 bits per heavy atom. The lowest BCUT2D eigenvalue weighted by Crippen LogP contribution is -2.23. The van der Waals surface area contributed by atoms with E-state index in [4.69, 9.17) is 11.6 Å². The lowest BCUT2D eigenvalue weighted by Gasteiger charge is -2.22. The molecule has 3 aromatic rings. The molecule has 0 amide bonds. The Bertz CT molecular complexity index is 897. The van der Waals surface area contributed by atoms with Crippen molar-refractivity contribution in [2.75, 3.05) is 20.1 Å². The zero-order valence-corrected chi connectivity index (χ0v) is 14.8. The van der Waals surface area contributed by atoms with Crippen LogP contribution in [0, 0.1) is 0 Å². The average molecular weight is 351 g/mol. The third kappa shape index (κ3) is 3.23. The highest BCUT2D eigenvalue weighted by molar-refractivity contribution is 6.30. The zero-order chi connectivity index (χ0) is 17.2. The van der Waals surface area contributed by atoms with Gasteiger partial charge in [0, 0.05) is 41.6 Å². The highest BCUT2D eigenvalue weighted by Crippen LogP contribution is 2.37. The molecule has 0 aliphatic carbocycles. The van der Waals surface area contributed by atoms with Gasteiger partial charge in [-0.2, -0.15) is 5.10 Å². The van der Waals surface area contributed by atoms with Gasteiger partial charge >= 0.3 is 0 Å². The Hall–Kier alpha value is -2.43. The number of nitrogens with one attached hydrogen (secondary N) is 1. The Labute approximate surface area is 152 Å². The van der Waals surface area contributed by atoms with Crippen molar-refractivity contribution in [3.05, 3.63) is 65.6 Å². The smallest absolute Gasteiger partial charge is 0.101 e. The molecule has 3 heterocycles. The van der Waals surface area contributed by atoms with E-state index in [0.717, 1.165) is 52.6 Å². The van der Waals surface area contributed by atoms with Crippen LogP contribution in [-0.4, -0.2) is 40.2 Å². The van der Waals surface area contributed by atoms with E-state index in [1.54, 1.807) is 0 Å². The number of halogens is 1. The number of hydrogen-bond donors (Lipinski definition) is 1. The minimum absolute atomic E-state index is 0.725. The lowest BCUT2D eigenvalue weighted by atomic mass is 9.94. The van der Waals surface area contributed by atoms with Gasteiger partial charge in [0.25, 0.3) is 0 Å². The highest BCUT2D eigenvalue weighted by Gasteiger charge is 2.21. The van der Waals surface area contributed by atoms with Crippen molar-refractivity contribution < 1.29 is 0 Å². The molecule has 0 saturated heterocycles. The first-order valence-electron chi connectivity index (χ1n) is 8.35. The van der Waals surface area contributed by atoms with Crippen LogP contribution < -0.4 is 0 Å². The van der Waals surface area contributed by atoms with Crippen molar-refractivity contribution in [2.24, 2.45) is 0 Å². The number of rotatable bonds is 3. The summed E-state index contributed by atoms with van der Waals surface area (Å²) < 4.78 is 0. The fourth-order valence-corrected chi connectivity index (χ4v) is 3.31. The maximum atomic E-state index is 6.05. The fraction of sp³-hybridized carbons (Fsp3) is 0.200. The first-order valence-corrected chi connectivity index (χ1v) is 8.73. The van der Waals surface area contributed by atoms with E-state index in [9.17, 15) is 0 Å². The van der Waals surface area contributed by atoms with Gasteiger partial charge in [0.2, 0.25) is 0 Å². The molecule has 0 atom stereocenters. The molecule has 2 aromatic heterocycles. The van der Waals surface area contributed by atoms with Crippen LogP contribution in [0.5, 0.6) is 0 Å². The Morgan fingerprint density at radius 1 is 1.04 bits per heavy atom. The Morgan fingerprint density at radius 2 is 1.80 bits per heavy atom. The predicted octanol–water partition coefficient (Wildman–Crippen LogP) is 4.51. The standard InChI is InChI=1S/C20H19ClN4/c1-25-12-8-16(9-13-25)20-18(14-6-10-22-11-7-14)19(23-24-20)15-2-4-17(21)5-3-15/h2-8,10-11H,9,12-13H2,1H3,(H,23,24). The van der Waals surface area contributed by atoms with Crippen LogP contribution >= 0.6 is 11.6 Å². The molecular formula is C20H19ClN4. The summed E-state index contributed by atoms with van der Waals surface area (Å²) in [6, 6.07) is 11.9. The molecule has 4 rings (SSSR count). The van der Waals surface area contributed by atoms with Crippen LogP contribution in [0.3, 0.4) is 0 Å². The maximum Gasteiger partial charge on any atom is 0.101 e. The number of pyridine rings is 1. The molecule has 4 nitrogen and oxygen atoms in total.